The van der Waals surface area contributed by atoms with Crippen LogP contribution < -0.4 is 0 Å². The molecule has 20 heavy (non-hydrogen) atoms. The van der Waals surface area contributed by atoms with E-state index in [1.54, 1.807) is 0 Å². The predicted molar refractivity (Wildman–Crippen MR) is 81.8 cm³/mol. The van der Waals surface area contributed by atoms with E-state index in [0.29, 0.717) is 0 Å². The number of alkyl halides is 1. The third-order valence-corrected chi connectivity index (χ3v) is 4.06. The van der Waals surface area contributed by atoms with E-state index in [4.69, 9.17) is 16.2 Å². The summed E-state index contributed by atoms with van der Waals surface area (Å²) in [5.41, 5.74) is 2.36. The van der Waals surface area contributed by atoms with Crippen molar-refractivity contribution in [2.45, 2.75) is 18.4 Å². The number of hydrogen-bond donors (Lipinski definition) is 1. The summed E-state index contributed by atoms with van der Waals surface area (Å²) in [6.45, 7) is 1.85. The third-order valence-electron chi connectivity index (χ3n) is 3.11. The van der Waals surface area contributed by atoms with Gasteiger partial charge in [0.1, 0.15) is 0 Å². The first-order valence-electron chi connectivity index (χ1n) is 6.15. The average molecular weight is 311 g/mol. The van der Waals surface area contributed by atoms with Crippen LogP contribution in [0.1, 0.15) is 18.4 Å². The second kappa shape index (κ2) is 6.99. The van der Waals surface area contributed by atoms with Crippen LogP contribution in [0.25, 0.3) is 11.1 Å². The van der Waals surface area contributed by atoms with Crippen LogP contribution in [-0.4, -0.2) is 14.3 Å². The molecule has 0 saturated carbocycles. The monoisotopic (exact) mass is 310 g/mol. The Labute approximate surface area is 126 Å². The van der Waals surface area contributed by atoms with Crippen LogP contribution in [-0.2, 0) is 15.5 Å². The molecule has 106 valence electrons. The van der Waals surface area contributed by atoms with Gasteiger partial charge in [-0.2, -0.15) is 4.21 Å². The van der Waals surface area contributed by atoms with Crippen LogP contribution in [0.15, 0.2) is 54.6 Å². The number of rotatable bonds is 5. The Hall–Kier alpha value is -1.20. The Morgan fingerprint density at radius 3 is 2.15 bits per heavy atom. The van der Waals surface area contributed by atoms with E-state index in [0.717, 1.165) is 16.7 Å². The van der Waals surface area contributed by atoms with Crippen molar-refractivity contribution in [3.63, 3.8) is 0 Å². The maximum Gasteiger partial charge on any atom is 0.303 e. The molecule has 3 unspecified atom stereocenters. The second-order valence-corrected chi connectivity index (χ2v) is 5.50. The van der Waals surface area contributed by atoms with E-state index < -0.39 is 16.9 Å². The summed E-state index contributed by atoms with van der Waals surface area (Å²) in [4.78, 5) is 0. The normalized spacial score (nSPS) is 15.6. The highest BCUT2D eigenvalue weighted by Crippen LogP contribution is 2.27. The topological polar surface area (TPSA) is 46.5 Å². The smallest absolute Gasteiger partial charge is 0.284 e. The first-order chi connectivity index (χ1) is 9.58. The highest BCUT2D eigenvalue weighted by Gasteiger charge is 2.19. The molecule has 0 fully saturated rings. The number of benzene rings is 2. The summed E-state index contributed by atoms with van der Waals surface area (Å²) in [5.74, 6) is -0.183. The quantitative estimate of drug-likeness (QED) is 0.666. The van der Waals surface area contributed by atoms with Crippen molar-refractivity contribution in [1.82, 2.24) is 0 Å². The van der Waals surface area contributed by atoms with Gasteiger partial charge in [-0.15, -0.1) is 0 Å². The summed E-state index contributed by atoms with van der Waals surface area (Å²) < 4.78 is 23.9. The Bertz CT molecular complexity index is 571. The lowest BCUT2D eigenvalue weighted by Crippen LogP contribution is -2.15. The summed E-state index contributed by atoms with van der Waals surface area (Å²) in [6.07, 6.45) is 0. The summed E-state index contributed by atoms with van der Waals surface area (Å²) >= 11 is 3.59. The molecule has 3 atom stereocenters. The molecule has 0 spiro atoms. The van der Waals surface area contributed by atoms with Gasteiger partial charge in [0.15, 0.2) is 5.56 Å². The molecule has 0 aliphatic heterocycles. The van der Waals surface area contributed by atoms with Crippen molar-refractivity contribution in [2.24, 2.45) is 0 Å². The van der Waals surface area contributed by atoms with Gasteiger partial charge in [-0.1, -0.05) is 73.1 Å². The minimum atomic E-state index is -2.36. The lowest BCUT2D eigenvalue weighted by Gasteiger charge is -2.17. The molecule has 0 aliphatic carbocycles. The van der Waals surface area contributed by atoms with E-state index in [-0.39, 0.29) is 5.92 Å². The maximum absolute atomic E-state index is 10.6. The third kappa shape index (κ3) is 3.90. The molecule has 0 bridgehead atoms. The standard InChI is InChI=1S/C15H15ClO3S/c1-11(15(16)19-20(17)18)12-7-9-14(10-8-12)13-5-3-2-4-6-13/h2-11,15H,1H3,(H,17,18). The molecule has 0 heterocycles. The molecule has 2 aromatic carbocycles. The first kappa shape index (κ1) is 15.2. The van der Waals surface area contributed by atoms with Crippen molar-refractivity contribution >= 4 is 23.0 Å². The van der Waals surface area contributed by atoms with Crippen molar-refractivity contribution < 1.29 is 12.9 Å². The minimum Gasteiger partial charge on any atom is -0.284 e. The van der Waals surface area contributed by atoms with Gasteiger partial charge < -0.3 is 0 Å². The summed E-state index contributed by atoms with van der Waals surface area (Å²) in [6, 6.07) is 17.9. The summed E-state index contributed by atoms with van der Waals surface area (Å²) in [7, 11) is 0. The zero-order valence-corrected chi connectivity index (χ0v) is 12.5. The van der Waals surface area contributed by atoms with Crippen molar-refractivity contribution in [1.29, 1.82) is 0 Å². The fourth-order valence-corrected chi connectivity index (χ4v) is 2.58. The SMILES string of the molecule is CC(c1ccc(-c2ccccc2)cc1)C(Cl)OS(=O)O. The molecular formula is C15H15ClO3S. The zero-order chi connectivity index (χ0) is 14.5. The average Bonchev–Trinajstić information content (AvgIpc) is 2.47. The first-order valence-corrected chi connectivity index (χ1v) is 7.62. The van der Waals surface area contributed by atoms with Gasteiger partial charge in [0, 0.05) is 5.92 Å². The largest absolute Gasteiger partial charge is 0.303 e. The van der Waals surface area contributed by atoms with Crippen LogP contribution in [0.5, 0.6) is 0 Å². The highest BCUT2D eigenvalue weighted by atomic mass is 35.5. The van der Waals surface area contributed by atoms with Gasteiger partial charge in [0.05, 0.1) is 0 Å². The molecule has 0 aromatic heterocycles. The van der Waals surface area contributed by atoms with E-state index >= 15 is 0 Å². The molecule has 2 rings (SSSR count). The zero-order valence-electron chi connectivity index (χ0n) is 10.9. The van der Waals surface area contributed by atoms with E-state index in [9.17, 15) is 4.21 Å². The van der Waals surface area contributed by atoms with Gasteiger partial charge in [-0.05, 0) is 16.7 Å². The molecule has 2 aromatic rings. The van der Waals surface area contributed by atoms with Gasteiger partial charge in [0.25, 0.3) is 0 Å². The molecule has 0 saturated heterocycles. The highest BCUT2D eigenvalue weighted by molar-refractivity contribution is 7.74. The molecule has 0 radical (unpaired) electrons. The van der Waals surface area contributed by atoms with Crippen molar-refractivity contribution in [3.05, 3.63) is 60.2 Å². The van der Waals surface area contributed by atoms with Gasteiger partial charge >= 0.3 is 11.4 Å². The fourth-order valence-electron chi connectivity index (χ4n) is 1.92. The Morgan fingerprint density at radius 2 is 1.60 bits per heavy atom. The lowest BCUT2D eigenvalue weighted by atomic mass is 9.98. The van der Waals surface area contributed by atoms with Crippen LogP contribution in [0.4, 0.5) is 0 Å². The number of halogens is 1. The van der Waals surface area contributed by atoms with E-state index in [1.165, 1.54) is 0 Å². The van der Waals surface area contributed by atoms with Crippen molar-refractivity contribution in [3.8, 4) is 11.1 Å². The number of hydrogen-bond acceptors (Lipinski definition) is 2. The van der Waals surface area contributed by atoms with Crippen LogP contribution in [0, 0.1) is 0 Å². The Morgan fingerprint density at radius 1 is 1.05 bits per heavy atom. The maximum atomic E-state index is 10.6. The molecule has 0 amide bonds. The van der Waals surface area contributed by atoms with E-state index in [1.807, 2.05) is 61.5 Å². The second-order valence-electron chi connectivity index (χ2n) is 4.44. The Balaban J connectivity index is 2.14. The van der Waals surface area contributed by atoms with Gasteiger partial charge in [0.2, 0.25) is 0 Å². The van der Waals surface area contributed by atoms with Crippen LogP contribution in [0.2, 0.25) is 0 Å². The van der Waals surface area contributed by atoms with Gasteiger partial charge in [-0.25, -0.2) is 4.18 Å². The summed E-state index contributed by atoms with van der Waals surface area (Å²) in [5, 5.41) is 0. The molecule has 0 aliphatic rings. The van der Waals surface area contributed by atoms with E-state index in [2.05, 4.69) is 4.18 Å². The fraction of sp³-hybridized carbons (Fsp3) is 0.200. The lowest BCUT2D eigenvalue weighted by molar-refractivity contribution is 0.252. The van der Waals surface area contributed by atoms with Crippen LogP contribution >= 0.6 is 11.6 Å². The molecular weight excluding hydrogens is 296 g/mol. The van der Waals surface area contributed by atoms with Crippen molar-refractivity contribution in [2.75, 3.05) is 0 Å². The minimum absolute atomic E-state index is 0.183. The predicted octanol–water partition coefficient (Wildman–Crippen LogP) is 4.18. The molecule has 3 nitrogen and oxygen atoms in total. The molecule has 5 heteroatoms. The van der Waals surface area contributed by atoms with Gasteiger partial charge in [-0.3, -0.25) is 4.55 Å². The molecule has 1 N–H and O–H groups in total. The van der Waals surface area contributed by atoms with Crippen LogP contribution in [0.3, 0.4) is 0 Å². The Kier molecular flexibility index (Phi) is 5.31.